The second-order valence-electron chi connectivity index (χ2n) is 4.02. The Hall–Kier alpha value is -1.44. The SMILES string of the molecule is CNS(=O)(=O)c1ccc(C)c(C(=O)NCCCO)c1. The molecule has 0 bridgehead atoms. The van der Waals surface area contributed by atoms with Crippen LogP contribution < -0.4 is 10.0 Å². The minimum Gasteiger partial charge on any atom is -0.396 e. The van der Waals surface area contributed by atoms with Gasteiger partial charge in [-0.2, -0.15) is 0 Å². The molecule has 0 spiro atoms. The van der Waals surface area contributed by atoms with Crippen molar-refractivity contribution in [3.05, 3.63) is 29.3 Å². The molecule has 1 aromatic rings. The molecule has 0 aliphatic rings. The van der Waals surface area contributed by atoms with Crippen LogP contribution in [0.2, 0.25) is 0 Å². The van der Waals surface area contributed by atoms with Crippen molar-refractivity contribution in [2.45, 2.75) is 18.2 Å². The van der Waals surface area contributed by atoms with E-state index in [0.717, 1.165) is 0 Å². The van der Waals surface area contributed by atoms with Gasteiger partial charge < -0.3 is 10.4 Å². The maximum atomic E-state index is 11.9. The molecule has 0 atom stereocenters. The lowest BCUT2D eigenvalue weighted by molar-refractivity contribution is 0.0950. The molecular formula is C12H18N2O4S. The lowest BCUT2D eigenvalue weighted by atomic mass is 10.1. The molecule has 1 aromatic carbocycles. The van der Waals surface area contributed by atoms with Crippen molar-refractivity contribution in [1.29, 1.82) is 0 Å². The maximum Gasteiger partial charge on any atom is 0.251 e. The fourth-order valence-corrected chi connectivity index (χ4v) is 2.26. The third-order valence-electron chi connectivity index (χ3n) is 2.65. The van der Waals surface area contributed by atoms with E-state index in [1.54, 1.807) is 13.0 Å². The zero-order valence-electron chi connectivity index (χ0n) is 10.9. The summed E-state index contributed by atoms with van der Waals surface area (Å²) in [4.78, 5) is 11.9. The Balaban J connectivity index is 3.01. The number of aliphatic hydroxyl groups is 1. The molecule has 1 amide bonds. The first kappa shape index (κ1) is 15.6. The van der Waals surface area contributed by atoms with Gasteiger partial charge in [0.1, 0.15) is 0 Å². The van der Waals surface area contributed by atoms with Gasteiger partial charge in [0, 0.05) is 18.7 Å². The first-order valence-electron chi connectivity index (χ1n) is 5.85. The predicted octanol–water partition coefficient (Wildman–Crippen LogP) is 0.0153. The number of hydrogen-bond donors (Lipinski definition) is 3. The lowest BCUT2D eigenvalue weighted by Gasteiger charge is -2.09. The number of nitrogens with one attached hydrogen (secondary N) is 2. The third-order valence-corrected chi connectivity index (χ3v) is 4.07. The molecule has 0 saturated carbocycles. The molecule has 0 aromatic heterocycles. The summed E-state index contributed by atoms with van der Waals surface area (Å²) < 4.78 is 25.5. The highest BCUT2D eigenvalue weighted by atomic mass is 32.2. The van der Waals surface area contributed by atoms with Crippen LogP contribution in [0.4, 0.5) is 0 Å². The number of benzene rings is 1. The second kappa shape index (κ2) is 6.65. The Kier molecular flexibility index (Phi) is 5.46. The van der Waals surface area contributed by atoms with Crippen molar-refractivity contribution in [3.8, 4) is 0 Å². The number of carbonyl (C=O) groups is 1. The molecule has 0 fully saturated rings. The second-order valence-corrected chi connectivity index (χ2v) is 5.90. The molecule has 106 valence electrons. The molecule has 3 N–H and O–H groups in total. The number of carbonyl (C=O) groups excluding carboxylic acids is 1. The van der Waals surface area contributed by atoms with E-state index in [2.05, 4.69) is 10.0 Å². The highest BCUT2D eigenvalue weighted by Gasteiger charge is 2.16. The molecule has 0 aliphatic heterocycles. The van der Waals surface area contributed by atoms with E-state index in [-0.39, 0.29) is 17.4 Å². The lowest BCUT2D eigenvalue weighted by Crippen LogP contribution is -2.26. The molecule has 1 rings (SSSR count). The molecular weight excluding hydrogens is 268 g/mol. The van der Waals surface area contributed by atoms with Gasteiger partial charge in [-0.1, -0.05) is 6.07 Å². The Morgan fingerprint density at radius 2 is 2.05 bits per heavy atom. The smallest absolute Gasteiger partial charge is 0.251 e. The van der Waals surface area contributed by atoms with Crippen LogP contribution in [0.1, 0.15) is 22.3 Å². The average Bonchev–Trinajstić information content (AvgIpc) is 2.39. The van der Waals surface area contributed by atoms with Gasteiger partial charge in [0.05, 0.1) is 4.90 Å². The van der Waals surface area contributed by atoms with Gasteiger partial charge in [-0.15, -0.1) is 0 Å². The highest BCUT2D eigenvalue weighted by molar-refractivity contribution is 7.89. The van der Waals surface area contributed by atoms with Crippen LogP contribution in [0, 0.1) is 6.92 Å². The van der Waals surface area contributed by atoms with Gasteiger partial charge >= 0.3 is 0 Å². The quantitative estimate of drug-likeness (QED) is 0.642. The maximum absolute atomic E-state index is 11.9. The first-order valence-corrected chi connectivity index (χ1v) is 7.34. The van der Waals surface area contributed by atoms with E-state index in [4.69, 9.17) is 5.11 Å². The summed E-state index contributed by atoms with van der Waals surface area (Å²) in [5.74, 6) is -0.348. The van der Waals surface area contributed by atoms with Gasteiger partial charge in [0.25, 0.3) is 5.91 Å². The molecule has 0 radical (unpaired) electrons. The molecule has 0 saturated heterocycles. The summed E-state index contributed by atoms with van der Waals surface area (Å²) >= 11 is 0. The summed E-state index contributed by atoms with van der Waals surface area (Å²) in [6.45, 7) is 2.07. The number of aliphatic hydroxyl groups excluding tert-OH is 1. The topological polar surface area (TPSA) is 95.5 Å². The molecule has 0 heterocycles. The Morgan fingerprint density at radius 3 is 2.63 bits per heavy atom. The van der Waals surface area contributed by atoms with E-state index in [1.807, 2.05) is 0 Å². The monoisotopic (exact) mass is 286 g/mol. The van der Waals surface area contributed by atoms with Gasteiger partial charge in [0.15, 0.2) is 0 Å². The minimum absolute atomic E-state index is 0.00651. The van der Waals surface area contributed by atoms with Crippen LogP contribution in [0.3, 0.4) is 0 Å². The van der Waals surface area contributed by atoms with Crippen molar-refractivity contribution in [2.24, 2.45) is 0 Å². The third kappa shape index (κ3) is 4.02. The summed E-state index contributed by atoms with van der Waals surface area (Å²) in [6.07, 6.45) is 0.458. The molecule has 0 aliphatic carbocycles. The number of aryl methyl sites for hydroxylation is 1. The molecule has 19 heavy (non-hydrogen) atoms. The zero-order chi connectivity index (χ0) is 14.5. The van der Waals surface area contributed by atoms with Gasteiger partial charge in [-0.25, -0.2) is 13.1 Å². The van der Waals surface area contributed by atoms with Gasteiger partial charge in [0.2, 0.25) is 10.0 Å². The Bertz CT molecular complexity index is 555. The van der Waals surface area contributed by atoms with Crippen molar-refractivity contribution in [3.63, 3.8) is 0 Å². The fraction of sp³-hybridized carbons (Fsp3) is 0.417. The summed E-state index contributed by atoms with van der Waals surface area (Å²) in [6, 6.07) is 4.38. The average molecular weight is 286 g/mol. The summed E-state index contributed by atoms with van der Waals surface area (Å²) in [7, 11) is -2.25. The van der Waals surface area contributed by atoms with E-state index >= 15 is 0 Å². The van der Waals surface area contributed by atoms with Crippen LogP contribution in [-0.2, 0) is 10.0 Å². The summed E-state index contributed by atoms with van der Waals surface area (Å²) in [5.41, 5.74) is 1.01. The largest absolute Gasteiger partial charge is 0.396 e. The van der Waals surface area contributed by atoms with E-state index in [1.165, 1.54) is 19.2 Å². The molecule has 0 unspecified atom stereocenters. The van der Waals surface area contributed by atoms with Crippen molar-refractivity contribution >= 4 is 15.9 Å². The highest BCUT2D eigenvalue weighted by Crippen LogP contribution is 2.15. The van der Waals surface area contributed by atoms with Crippen LogP contribution in [0.15, 0.2) is 23.1 Å². The number of rotatable bonds is 6. The summed E-state index contributed by atoms with van der Waals surface area (Å²) in [5, 5.41) is 11.3. The Morgan fingerprint density at radius 1 is 1.37 bits per heavy atom. The number of sulfonamides is 1. The standard InChI is InChI=1S/C12H18N2O4S/c1-9-4-5-10(19(17,18)13-2)8-11(9)12(16)14-6-3-7-15/h4-5,8,13,15H,3,6-7H2,1-2H3,(H,14,16). The predicted molar refractivity (Wildman–Crippen MR) is 71.5 cm³/mol. The van der Waals surface area contributed by atoms with Crippen molar-refractivity contribution in [2.75, 3.05) is 20.2 Å². The Labute approximate surface area is 112 Å². The van der Waals surface area contributed by atoms with Crippen LogP contribution in [0.5, 0.6) is 0 Å². The number of hydrogen-bond acceptors (Lipinski definition) is 4. The van der Waals surface area contributed by atoms with Crippen LogP contribution in [0.25, 0.3) is 0 Å². The van der Waals surface area contributed by atoms with E-state index in [9.17, 15) is 13.2 Å². The van der Waals surface area contributed by atoms with Crippen LogP contribution in [-0.4, -0.2) is 39.6 Å². The fourth-order valence-electron chi connectivity index (χ4n) is 1.51. The first-order chi connectivity index (χ1) is 8.92. The normalized spacial score (nSPS) is 11.3. The van der Waals surface area contributed by atoms with Crippen molar-refractivity contribution < 1.29 is 18.3 Å². The van der Waals surface area contributed by atoms with Crippen molar-refractivity contribution in [1.82, 2.24) is 10.0 Å². The number of amides is 1. The zero-order valence-corrected chi connectivity index (χ0v) is 11.8. The minimum atomic E-state index is -3.57. The van der Waals surface area contributed by atoms with Gasteiger partial charge in [-0.3, -0.25) is 4.79 Å². The van der Waals surface area contributed by atoms with Crippen LogP contribution >= 0.6 is 0 Å². The molecule has 7 heteroatoms. The van der Waals surface area contributed by atoms with Gasteiger partial charge in [-0.05, 0) is 38.1 Å². The molecule has 6 nitrogen and oxygen atoms in total. The van der Waals surface area contributed by atoms with E-state index in [0.29, 0.717) is 24.1 Å². The van der Waals surface area contributed by atoms with E-state index < -0.39 is 10.0 Å².